The van der Waals surface area contributed by atoms with Gasteiger partial charge in [0.05, 0.1) is 5.56 Å². The molecule has 0 saturated carbocycles. The zero-order valence-electron chi connectivity index (χ0n) is 12.0. The second kappa shape index (κ2) is 7.09. The number of carbonyl (C=O) groups excluding carboxylic acids is 2. The number of nitrogens with one attached hydrogen (secondary N) is 1. The number of thioether (sulfide) groups is 1. The first-order valence-corrected chi connectivity index (χ1v) is 7.56. The van der Waals surface area contributed by atoms with Gasteiger partial charge in [0, 0.05) is 16.5 Å². The highest BCUT2D eigenvalue weighted by atomic mass is 32.2. The van der Waals surface area contributed by atoms with Gasteiger partial charge < -0.3 is 5.32 Å². The highest BCUT2D eigenvalue weighted by molar-refractivity contribution is 8.14. The lowest BCUT2D eigenvalue weighted by molar-refractivity contribution is 0.0940. The fraction of sp³-hybridized carbons (Fsp3) is 0.176. The van der Waals surface area contributed by atoms with Crippen LogP contribution in [0.5, 0.6) is 0 Å². The van der Waals surface area contributed by atoms with Crippen LogP contribution in [0.15, 0.2) is 59.5 Å². The molecule has 0 heterocycles. The second-order valence-electron chi connectivity index (χ2n) is 4.88. The van der Waals surface area contributed by atoms with Gasteiger partial charge in [0.15, 0.2) is 0 Å². The van der Waals surface area contributed by atoms with Crippen LogP contribution in [0.1, 0.15) is 34.6 Å². The normalized spacial score (nSPS) is 10.4. The van der Waals surface area contributed by atoms with E-state index < -0.39 is 0 Å². The molecule has 0 aliphatic rings. The molecule has 0 aromatic heterocycles. The number of hydrogen-bond acceptors (Lipinski definition) is 3. The van der Waals surface area contributed by atoms with Crippen molar-refractivity contribution in [2.45, 2.75) is 24.8 Å². The molecule has 0 aliphatic heterocycles. The van der Waals surface area contributed by atoms with E-state index in [4.69, 9.17) is 0 Å². The zero-order valence-corrected chi connectivity index (χ0v) is 12.8. The molecule has 108 valence electrons. The summed E-state index contributed by atoms with van der Waals surface area (Å²) in [6.07, 6.45) is 0. The van der Waals surface area contributed by atoms with Gasteiger partial charge in [0.2, 0.25) is 5.12 Å². The Morgan fingerprint density at radius 2 is 1.57 bits per heavy atom. The quantitative estimate of drug-likeness (QED) is 0.874. The Labute approximate surface area is 128 Å². The first-order chi connectivity index (χ1) is 10.1. The predicted molar refractivity (Wildman–Crippen MR) is 85.7 cm³/mol. The Hall–Kier alpha value is -2.07. The monoisotopic (exact) mass is 299 g/mol. The van der Waals surface area contributed by atoms with Crippen LogP contribution in [-0.2, 0) is 0 Å². The molecule has 4 heteroatoms. The lowest BCUT2D eigenvalue weighted by Gasteiger charge is -2.11. The van der Waals surface area contributed by atoms with Crippen molar-refractivity contribution in [2.24, 2.45) is 0 Å². The van der Waals surface area contributed by atoms with E-state index in [-0.39, 0.29) is 17.1 Å². The fourth-order valence-corrected chi connectivity index (χ4v) is 2.69. The highest BCUT2D eigenvalue weighted by Crippen LogP contribution is 2.26. The average molecular weight is 299 g/mol. The molecule has 1 N–H and O–H groups in total. The van der Waals surface area contributed by atoms with Gasteiger partial charge in [-0.15, -0.1) is 0 Å². The molecule has 0 radical (unpaired) electrons. The van der Waals surface area contributed by atoms with Gasteiger partial charge in [-0.1, -0.05) is 42.5 Å². The highest BCUT2D eigenvalue weighted by Gasteiger charge is 2.15. The van der Waals surface area contributed by atoms with Gasteiger partial charge in [0.25, 0.3) is 5.91 Å². The topological polar surface area (TPSA) is 46.2 Å². The van der Waals surface area contributed by atoms with E-state index in [1.54, 1.807) is 30.3 Å². The Morgan fingerprint density at radius 1 is 0.952 bits per heavy atom. The molecular formula is C17H17NO2S. The van der Waals surface area contributed by atoms with Gasteiger partial charge in [-0.2, -0.15) is 0 Å². The minimum absolute atomic E-state index is 0.0559. The minimum atomic E-state index is -0.158. The van der Waals surface area contributed by atoms with Crippen molar-refractivity contribution in [3.8, 4) is 0 Å². The van der Waals surface area contributed by atoms with Crippen molar-refractivity contribution in [2.75, 3.05) is 0 Å². The molecule has 0 aliphatic carbocycles. The van der Waals surface area contributed by atoms with E-state index in [9.17, 15) is 9.59 Å². The molecule has 21 heavy (non-hydrogen) atoms. The maximum Gasteiger partial charge on any atom is 0.252 e. The summed E-state index contributed by atoms with van der Waals surface area (Å²) in [6, 6.07) is 16.3. The number of hydrogen-bond donors (Lipinski definition) is 1. The van der Waals surface area contributed by atoms with E-state index in [2.05, 4.69) is 5.32 Å². The molecule has 2 aromatic carbocycles. The third-order valence-electron chi connectivity index (χ3n) is 2.76. The lowest BCUT2D eigenvalue weighted by atomic mass is 10.2. The summed E-state index contributed by atoms with van der Waals surface area (Å²) in [6.45, 7) is 3.81. The summed E-state index contributed by atoms with van der Waals surface area (Å²) in [5.41, 5.74) is 1.15. The van der Waals surface area contributed by atoms with Crippen LogP contribution in [-0.4, -0.2) is 17.1 Å². The summed E-state index contributed by atoms with van der Waals surface area (Å²) in [7, 11) is 0. The van der Waals surface area contributed by atoms with Crippen LogP contribution >= 0.6 is 11.8 Å². The Balaban J connectivity index is 2.21. The minimum Gasteiger partial charge on any atom is -0.350 e. The van der Waals surface area contributed by atoms with Gasteiger partial charge in [-0.3, -0.25) is 9.59 Å². The van der Waals surface area contributed by atoms with E-state index in [1.807, 2.05) is 38.1 Å². The molecule has 1 amide bonds. The van der Waals surface area contributed by atoms with Crippen LogP contribution in [0.25, 0.3) is 0 Å². The Kier molecular flexibility index (Phi) is 5.17. The van der Waals surface area contributed by atoms with Gasteiger partial charge in [-0.25, -0.2) is 0 Å². The summed E-state index contributed by atoms with van der Waals surface area (Å²) >= 11 is 1.08. The fourth-order valence-electron chi connectivity index (χ4n) is 1.82. The van der Waals surface area contributed by atoms with Crippen molar-refractivity contribution in [3.05, 3.63) is 65.7 Å². The van der Waals surface area contributed by atoms with Crippen molar-refractivity contribution in [3.63, 3.8) is 0 Å². The SMILES string of the molecule is CC(C)NC(=O)c1ccccc1SC(=O)c1ccccc1. The molecule has 3 nitrogen and oxygen atoms in total. The molecular weight excluding hydrogens is 282 g/mol. The maximum atomic E-state index is 12.2. The van der Waals surface area contributed by atoms with Crippen LogP contribution in [0, 0.1) is 0 Å². The van der Waals surface area contributed by atoms with Gasteiger partial charge >= 0.3 is 0 Å². The van der Waals surface area contributed by atoms with Crippen LogP contribution < -0.4 is 5.32 Å². The summed E-state index contributed by atoms with van der Waals surface area (Å²) in [5.74, 6) is -0.158. The van der Waals surface area contributed by atoms with Crippen molar-refractivity contribution in [1.29, 1.82) is 0 Å². The molecule has 0 spiro atoms. The van der Waals surface area contributed by atoms with E-state index in [0.717, 1.165) is 11.8 Å². The third kappa shape index (κ3) is 4.20. The predicted octanol–water partition coefficient (Wildman–Crippen LogP) is 3.76. The molecule has 0 fully saturated rings. The summed E-state index contributed by atoms with van der Waals surface area (Å²) in [4.78, 5) is 25.1. The summed E-state index contributed by atoms with van der Waals surface area (Å²) < 4.78 is 0. The molecule has 0 unspecified atom stereocenters. The van der Waals surface area contributed by atoms with E-state index in [0.29, 0.717) is 16.0 Å². The molecule has 2 aromatic rings. The van der Waals surface area contributed by atoms with Crippen LogP contribution in [0.2, 0.25) is 0 Å². The number of rotatable bonds is 4. The largest absolute Gasteiger partial charge is 0.350 e. The number of benzene rings is 2. The zero-order chi connectivity index (χ0) is 15.2. The van der Waals surface area contributed by atoms with Crippen molar-refractivity contribution >= 4 is 22.8 Å². The van der Waals surface area contributed by atoms with Crippen LogP contribution in [0.3, 0.4) is 0 Å². The van der Waals surface area contributed by atoms with Crippen LogP contribution in [0.4, 0.5) is 0 Å². The second-order valence-corrected chi connectivity index (χ2v) is 5.89. The third-order valence-corrected chi connectivity index (χ3v) is 3.76. The van der Waals surface area contributed by atoms with E-state index >= 15 is 0 Å². The summed E-state index contributed by atoms with van der Waals surface area (Å²) in [5, 5.41) is 2.78. The number of amides is 1. The van der Waals surface area contributed by atoms with Crippen molar-refractivity contribution in [1.82, 2.24) is 5.32 Å². The first-order valence-electron chi connectivity index (χ1n) is 6.75. The average Bonchev–Trinajstić information content (AvgIpc) is 2.48. The van der Waals surface area contributed by atoms with E-state index in [1.165, 1.54) is 0 Å². The molecule has 0 saturated heterocycles. The lowest BCUT2D eigenvalue weighted by Crippen LogP contribution is -2.30. The number of carbonyl (C=O) groups is 2. The molecule has 0 atom stereocenters. The Morgan fingerprint density at radius 3 is 2.24 bits per heavy atom. The molecule has 2 rings (SSSR count). The Bertz CT molecular complexity index is 638. The van der Waals surface area contributed by atoms with Crippen molar-refractivity contribution < 1.29 is 9.59 Å². The smallest absolute Gasteiger partial charge is 0.252 e. The standard InChI is InChI=1S/C17H17NO2S/c1-12(2)18-16(19)14-10-6-7-11-15(14)21-17(20)13-8-4-3-5-9-13/h3-12H,1-2H3,(H,18,19). The maximum absolute atomic E-state index is 12.2. The van der Waals surface area contributed by atoms with Gasteiger partial charge in [0.1, 0.15) is 0 Å². The molecule has 0 bridgehead atoms. The first kappa shape index (κ1) is 15.3. The van der Waals surface area contributed by atoms with Gasteiger partial charge in [-0.05, 0) is 37.7 Å².